The van der Waals surface area contributed by atoms with Gasteiger partial charge in [0.15, 0.2) is 12.4 Å². The van der Waals surface area contributed by atoms with Gasteiger partial charge in [0.1, 0.15) is 0 Å². The Morgan fingerprint density at radius 2 is 1.75 bits per heavy atom. The second-order valence-corrected chi connectivity index (χ2v) is 6.03. The van der Waals surface area contributed by atoms with E-state index in [9.17, 15) is 14.8 Å². The minimum Gasteiger partial charge on any atom is -0.619 e. The summed E-state index contributed by atoms with van der Waals surface area (Å²) in [5.41, 5.74) is 2.13. The number of nitrogens with zero attached hydrogens (tertiary/aromatic N) is 1. The zero-order chi connectivity index (χ0) is 17.1. The Morgan fingerprint density at radius 1 is 1.12 bits per heavy atom. The molecule has 2 amide bonds. The van der Waals surface area contributed by atoms with Crippen molar-refractivity contribution >= 4 is 17.5 Å². The summed E-state index contributed by atoms with van der Waals surface area (Å²) < 4.78 is 0.634. The Labute approximate surface area is 140 Å². The zero-order valence-electron chi connectivity index (χ0n) is 13.4. The van der Waals surface area contributed by atoms with Gasteiger partial charge in [-0.3, -0.25) is 9.59 Å². The predicted octanol–water partition coefficient (Wildman–Crippen LogP) is 2.16. The lowest BCUT2D eigenvalue weighted by Crippen LogP contribution is -2.29. The lowest BCUT2D eigenvalue weighted by atomic mass is 10.1. The number of carbonyl (C=O) groups is 2. The van der Waals surface area contributed by atoms with E-state index in [1.54, 1.807) is 0 Å². The van der Waals surface area contributed by atoms with Crippen molar-refractivity contribution in [1.29, 1.82) is 0 Å². The van der Waals surface area contributed by atoms with Gasteiger partial charge in [-0.2, -0.15) is 4.73 Å². The molecule has 1 heterocycles. The van der Waals surface area contributed by atoms with Crippen molar-refractivity contribution in [3.8, 4) is 0 Å². The van der Waals surface area contributed by atoms with Crippen LogP contribution in [0.25, 0.3) is 0 Å². The summed E-state index contributed by atoms with van der Waals surface area (Å²) >= 11 is 0. The Morgan fingerprint density at radius 3 is 2.33 bits per heavy atom. The summed E-state index contributed by atoms with van der Waals surface area (Å²) in [6.07, 6.45) is 4.52. The Hall–Kier alpha value is -2.89. The van der Waals surface area contributed by atoms with Gasteiger partial charge in [0.05, 0.1) is 11.6 Å². The van der Waals surface area contributed by atoms with Crippen molar-refractivity contribution in [3.63, 3.8) is 0 Å². The molecule has 1 aromatic carbocycles. The molecule has 0 spiro atoms. The molecule has 1 fully saturated rings. The number of hydrogen-bond donors (Lipinski definition) is 2. The monoisotopic (exact) mass is 325 g/mol. The molecule has 0 aliphatic heterocycles. The van der Waals surface area contributed by atoms with Crippen LogP contribution in [0.1, 0.15) is 41.7 Å². The number of benzene rings is 1. The van der Waals surface area contributed by atoms with Crippen LogP contribution in [-0.2, 0) is 4.79 Å². The molecule has 0 radical (unpaired) electrons. The Balaban J connectivity index is 1.59. The van der Waals surface area contributed by atoms with Gasteiger partial charge in [0.2, 0.25) is 5.91 Å². The average Bonchev–Trinajstić information content (AvgIpc) is 3.41. The number of rotatable bonds is 5. The molecular formula is C18H19N3O3. The minimum absolute atomic E-state index is 0.0730. The van der Waals surface area contributed by atoms with E-state index < -0.39 is 0 Å². The summed E-state index contributed by atoms with van der Waals surface area (Å²) in [4.78, 5) is 23.9. The van der Waals surface area contributed by atoms with Crippen LogP contribution in [0.5, 0.6) is 0 Å². The summed E-state index contributed by atoms with van der Waals surface area (Å²) in [5.74, 6) is -0.000403. The van der Waals surface area contributed by atoms with E-state index in [0.717, 1.165) is 24.1 Å². The first-order valence-corrected chi connectivity index (χ1v) is 7.93. The number of pyridine rings is 1. The number of amides is 2. The number of nitrogens with one attached hydrogen (secondary N) is 2. The van der Waals surface area contributed by atoms with E-state index in [0.29, 0.717) is 10.3 Å². The number of carbonyl (C=O) groups excluding carboxylic acids is 2. The second-order valence-electron chi connectivity index (χ2n) is 6.03. The first kappa shape index (κ1) is 16.0. The van der Waals surface area contributed by atoms with Crippen LogP contribution in [0.15, 0.2) is 48.8 Å². The topological polar surface area (TPSA) is 85.1 Å². The molecule has 1 unspecified atom stereocenters. The highest BCUT2D eigenvalue weighted by molar-refractivity contribution is 5.94. The standard InChI is InChI=1S/C18H19N3O3/c1-12(19-17(22)15-8-10-21(24)11-9-15)13-4-6-16(7-5-13)20-18(23)14-2-3-14/h4-12,14H,2-3H2,1H3,(H,19,22)(H,20,23). The quantitative estimate of drug-likeness (QED) is 0.652. The molecule has 1 saturated carbocycles. The molecule has 1 atom stereocenters. The van der Waals surface area contributed by atoms with Crippen LogP contribution in [0.2, 0.25) is 0 Å². The molecule has 1 aromatic heterocycles. The highest BCUT2D eigenvalue weighted by Gasteiger charge is 2.29. The van der Waals surface area contributed by atoms with E-state index in [4.69, 9.17) is 0 Å². The van der Waals surface area contributed by atoms with E-state index in [1.165, 1.54) is 24.5 Å². The van der Waals surface area contributed by atoms with Crippen molar-refractivity contribution in [2.75, 3.05) is 5.32 Å². The van der Waals surface area contributed by atoms with Gasteiger partial charge in [-0.1, -0.05) is 12.1 Å². The van der Waals surface area contributed by atoms with E-state index >= 15 is 0 Å². The van der Waals surface area contributed by atoms with Crippen LogP contribution in [-0.4, -0.2) is 11.8 Å². The number of anilines is 1. The number of hydrogen-bond acceptors (Lipinski definition) is 3. The van der Waals surface area contributed by atoms with Gasteiger partial charge in [0, 0.05) is 23.7 Å². The van der Waals surface area contributed by atoms with Crippen LogP contribution in [0.3, 0.4) is 0 Å². The molecule has 124 valence electrons. The highest BCUT2D eigenvalue weighted by Crippen LogP contribution is 2.30. The second kappa shape index (κ2) is 6.70. The third kappa shape index (κ3) is 3.90. The van der Waals surface area contributed by atoms with Crippen molar-refractivity contribution in [3.05, 3.63) is 65.1 Å². The van der Waals surface area contributed by atoms with Gasteiger partial charge >= 0.3 is 0 Å². The van der Waals surface area contributed by atoms with Gasteiger partial charge in [0.25, 0.3) is 5.91 Å². The fourth-order valence-electron chi connectivity index (χ4n) is 2.37. The van der Waals surface area contributed by atoms with Gasteiger partial charge < -0.3 is 15.8 Å². The molecule has 1 aliphatic rings. The van der Waals surface area contributed by atoms with Gasteiger partial charge in [-0.05, 0) is 37.5 Å². The van der Waals surface area contributed by atoms with E-state index in [-0.39, 0.29) is 23.8 Å². The largest absolute Gasteiger partial charge is 0.619 e. The SMILES string of the molecule is CC(NC(=O)c1cc[n+]([O-])cc1)c1ccc(NC(=O)C2CC2)cc1. The zero-order valence-corrected chi connectivity index (χ0v) is 13.4. The summed E-state index contributed by atoms with van der Waals surface area (Å²) in [6, 6.07) is 10.2. The highest BCUT2D eigenvalue weighted by atomic mass is 16.5. The fourth-order valence-corrected chi connectivity index (χ4v) is 2.37. The maximum absolute atomic E-state index is 12.2. The minimum atomic E-state index is -0.241. The summed E-state index contributed by atoms with van der Waals surface area (Å²) in [7, 11) is 0. The predicted molar refractivity (Wildman–Crippen MR) is 89.1 cm³/mol. The van der Waals surface area contributed by atoms with Crippen LogP contribution in [0, 0.1) is 11.1 Å². The molecule has 2 aromatic rings. The molecule has 6 heteroatoms. The molecule has 24 heavy (non-hydrogen) atoms. The average molecular weight is 325 g/mol. The lowest BCUT2D eigenvalue weighted by Gasteiger charge is -2.15. The van der Waals surface area contributed by atoms with Crippen molar-refractivity contribution < 1.29 is 14.3 Å². The Bertz CT molecular complexity index is 737. The van der Waals surface area contributed by atoms with E-state index in [2.05, 4.69) is 10.6 Å². The fraction of sp³-hybridized carbons (Fsp3) is 0.278. The molecular weight excluding hydrogens is 306 g/mol. The Kier molecular flexibility index (Phi) is 4.46. The normalized spacial score (nSPS) is 14.7. The maximum atomic E-state index is 12.2. The first-order chi connectivity index (χ1) is 11.5. The smallest absolute Gasteiger partial charge is 0.252 e. The molecule has 2 N–H and O–H groups in total. The third-order valence-electron chi connectivity index (χ3n) is 4.04. The van der Waals surface area contributed by atoms with Crippen molar-refractivity contribution in [2.24, 2.45) is 5.92 Å². The summed E-state index contributed by atoms with van der Waals surface area (Å²) in [5, 5.41) is 16.8. The van der Waals surface area contributed by atoms with Crippen molar-refractivity contribution in [2.45, 2.75) is 25.8 Å². The van der Waals surface area contributed by atoms with Crippen LogP contribution < -0.4 is 15.4 Å². The molecule has 1 aliphatic carbocycles. The van der Waals surface area contributed by atoms with E-state index in [1.807, 2.05) is 31.2 Å². The lowest BCUT2D eigenvalue weighted by molar-refractivity contribution is -0.605. The van der Waals surface area contributed by atoms with Crippen molar-refractivity contribution in [1.82, 2.24) is 5.32 Å². The third-order valence-corrected chi connectivity index (χ3v) is 4.04. The van der Waals surface area contributed by atoms with Crippen LogP contribution in [0.4, 0.5) is 5.69 Å². The maximum Gasteiger partial charge on any atom is 0.252 e. The van der Waals surface area contributed by atoms with Gasteiger partial charge in [-0.25, -0.2) is 0 Å². The molecule has 6 nitrogen and oxygen atoms in total. The number of aromatic nitrogens is 1. The molecule has 3 rings (SSSR count). The van der Waals surface area contributed by atoms with Gasteiger partial charge in [-0.15, -0.1) is 0 Å². The first-order valence-electron chi connectivity index (χ1n) is 7.93. The van der Waals surface area contributed by atoms with Crippen LogP contribution >= 0.6 is 0 Å². The molecule has 0 saturated heterocycles. The summed E-state index contributed by atoms with van der Waals surface area (Å²) in [6.45, 7) is 1.88. The molecule has 0 bridgehead atoms.